The third-order valence-corrected chi connectivity index (χ3v) is 3.88. The molecule has 1 N–H and O–H groups in total. The summed E-state index contributed by atoms with van der Waals surface area (Å²) in [7, 11) is 1.89. The number of amides is 1. The number of anilines is 1. The van der Waals surface area contributed by atoms with Gasteiger partial charge in [-0.15, -0.1) is 0 Å². The quantitative estimate of drug-likeness (QED) is 0.855. The highest BCUT2D eigenvalue weighted by Gasteiger charge is 2.10. The van der Waals surface area contributed by atoms with E-state index in [2.05, 4.69) is 36.1 Å². The van der Waals surface area contributed by atoms with Crippen LogP contribution in [-0.4, -0.2) is 34.8 Å². The van der Waals surface area contributed by atoms with Gasteiger partial charge in [0.15, 0.2) is 0 Å². The van der Waals surface area contributed by atoms with Crippen LogP contribution >= 0.6 is 0 Å². The molecule has 1 aromatic heterocycles. The van der Waals surface area contributed by atoms with E-state index in [1.54, 1.807) is 4.68 Å². The summed E-state index contributed by atoms with van der Waals surface area (Å²) in [6.07, 6.45) is 4.58. The normalized spacial score (nSPS) is 10.8. The highest BCUT2D eigenvalue weighted by atomic mass is 16.1. The summed E-state index contributed by atoms with van der Waals surface area (Å²) in [5, 5.41) is 7.07. The molecule has 0 aliphatic rings. The van der Waals surface area contributed by atoms with Crippen molar-refractivity contribution < 1.29 is 4.79 Å². The number of hydrogen-bond donors (Lipinski definition) is 1. The molecule has 0 aliphatic carbocycles. The Morgan fingerprint density at radius 3 is 2.52 bits per heavy atom. The number of aromatic nitrogens is 2. The van der Waals surface area contributed by atoms with Gasteiger partial charge in [0.1, 0.15) is 0 Å². The molecule has 0 saturated heterocycles. The maximum atomic E-state index is 12.2. The summed E-state index contributed by atoms with van der Waals surface area (Å²) in [5.74, 6) is -0.0342. The lowest BCUT2D eigenvalue weighted by Crippen LogP contribution is -2.30. The molecule has 1 amide bonds. The fourth-order valence-corrected chi connectivity index (χ4v) is 2.67. The van der Waals surface area contributed by atoms with E-state index in [0.29, 0.717) is 18.2 Å². The molecule has 0 bridgehead atoms. The topological polar surface area (TPSA) is 50.2 Å². The molecule has 2 rings (SSSR count). The molecule has 0 spiro atoms. The fourth-order valence-electron chi connectivity index (χ4n) is 2.67. The first-order chi connectivity index (χ1) is 11.0. The molecule has 124 valence electrons. The molecule has 0 unspecified atom stereocenters. The van der Waals surface area contributed by atoms with Crippen molar-refractivity contribution in [3.63, 3.8) is 0 Å². The predicted octanol–water partition coefficient (Wildman–Crippen LogP) is 2.63. The van der Waals surface area contributed by atoms with Crippen LogP contribution in [0.15, 0.2) is 36.7 Å². The third kappa shape index (κ3) is 4.58. The molecule has 0 fully saturated rings. The van der Waals surface area contributed by atoms with Gasteiger partial charge in [-0.3, -0.25) is 9.48 Å². The standard InChI is InChI=1S/C18H26N4O/c1-5-22(14(2)3)17-8-6-16(7-9-17)18(23)19-11-10-15-12-20-21(4)13-15/h6-9,12-14H,5,10-11H2,1-4H3,(H,19,23). The maximum absolute atomic E-state index is 12.2. The average Bonchev–Trinajstić information content (AvgIpc) is 2.93. The second-order valence-electron chi connectivity index (χ2n) is 5.95. The molecule has 1 heterocycles. The Morgan fingerprint density at radius 2 is 2.00 bits per heavy atom. The van der Waals surface area contributed by atoms with E-state index in [1.807, 2.05) is 43.7 Å². The Balaban J connectivity index is 1.89. The molecule has 0 aliphatic heterocycles. The summed E-state index contributed by atoms with van der Waals surface area (Å²) in [6.45, 7) is 8.04. The van der Waals surface area contributed by atoms with E-state index >= 15 is 0 Å². The number of nitrogens with zero attached hydrogens (tertiary/aromatic N) is 3. The summed E-state index contributed by atoms with van der Waals surface area (Å²) in [4.78, 5) is 14.5. The predicted molar refractivity (Wildman–Crippen MR) is 93.8 cm³/mol. The minimum Gasteiger partial charge on any atom is -0.369 e. The molecule has 0 atom stereocenters. The van der Waals surface area contributed by atoms with Crippen molar-refractivity contribution in [3.05, 3.63) is 47.8 Å². The van der Waals surface area contributed by atoms with Crippen LogP contribution in [0.1, 0.15) is 36.7 Å². The summed E-state index contributed by atoms with van der Waals surface area (Å²) in [6, 6.07) is 8.25. The largest absolute Gasteiger partial charge is 0.369 e. The third-order valence-electron chi connectivity index (χ3n) is 3.88. The van der Waals surface area contributed by atoms with E-state index in [9.17, 15) is 4.79 Å². The minimum absolute atomic E-state index is 0.0342. The van der Waals surface area contributed by atoms with Gasteiger partial charge in [-0.25, -0.2) is 0 Å². The number of nitrogens with one attached hydrogen (secondary N) is 1. The Bertz CT molecular complexity index is 631. The first kappa shape index (κ1) is 17.1. The van der Waals surface area contributed by atoms with Crippen molar-refractivity contribution in [2.45, 2.75) is 33.2 Å². The Morgan fingerprint density at radius 1 is 1.30 bits per heavy atom. The zero-order valence-electron chi connectivity index (χ0n) is 14.4. The monoisotopic (exact) mass is 314 g/mol. The lowest BCUT2D eigenvalue weighted by atomic mass is 10.1. The number of carbonyl (C=O) groups is 1. The van der Waals surface area contributed by atoms with Gasteiger partial charge in [-0.2, -0.15) is 5.10 Å². The van der Waals surface area contributed by atoms with Gasteiger partial charge in [-0.1, -0.05) is 0 Å². The molecule has 23 heavy (non-hydrogen) atoms. The van der Waals surface area contributed by atoms with Gasteiger partial charge in [-0.05, 0) is 57.0 Å². The molecule has 0 saturated carbocycles. The van der Waals surface area contributed by atoms with Crippen molar-refractivity contribution in [1.29, 1.82) is 0 Å². The summed E-state index contributed by atoms with van der Waals surface area (Å²) in [5.41, 5.74) is 2.97. The van der Waals surface area contributed by atoms with Gasteiger partial charge < -0.3 is 10.2 Å². The van der Waals surface area contributed by atoms with Gasteiger partial charge >= 0.3 is 0 Å². The van der Waals surface area contributed by atoms with E-state index in [1.165, 1.54) is 0 Å². The molecular weight excluding hydrogens is 288 g/mol. The van der Waals surface area contributed by atoms with Gasteiger partial charge in [0, 0.05) is 43.6 Å². The second-order valence-corrected chi connectivity index (χ2v) is 5.95. The van der Waals surface area contributed by atoms with E-state index < -0.39 is 0 Å². The van der Waals surface area contributed by atoms with E-state index in [-0.39, 0.29) is 5.91 Å². The first-order valence-corrected chi connectivity index (χ1v) is 8.13. The highest BCUT2D eigenvalue weighted by molar-refractivity contribution is 5.94. The zero-order chi connectivity index (χ0) is 16.8. The average molecular weight is 314 g/mol. The maximum Gasteiger partial charge on any atom is 0.251 e. The van der Waals surface area contributed by atoms with Crippen molar-refractivity contribution in [1.82, 2.24) is 15.1 Å². The van der Waals surface area contributed by atoms with Crippen LogP contribution in [0.25, 0.3) is 0 Å². The number of benzene rings is 1. The number of aryl methyl sites for hydroxylation is 1. The van der Waals surface area contributed by atoms with Gasteiger partial charge in [0.05, 0.1) is 6.20 Å². The minimum atomic E-state index is -0.0342. The van der Waals surface area contributed by atoms with Crippen molar-refractivity contribution in [2.24, 2.45) is 7.05 Å². The van der Waals surface area contributed by atoms with E-state index in [4.69, 9.17) is 0 Å². The lowest BCUT2D eigenvalue weighted by Gasteiger charge is -2.27. The summed E-state index contributed by atoms with van der Waals surface area (Å²) >= 11 is 0. The smallest absolute Gasteiger partial charge is 0.251 e. The first-order valence-electron chi connectivity index (χ1n) is 8.13. The van der Waals surface area contributed by atoms with Crippen molar-refractivity contribution >= 4 is 11.6 Å². The number of hydrogen-bond acceptors (Lipinski definition) is 3. The van der Waals surface area contributed by atoms with Crippen LogP contribution < -0.4 is 10.2 Å². The molecule has 2 aromatic rings. The Labute approximate surface area is 138 Å². The Hall–Kier alpha value is -2.30. The van der Waals surface area contributed by atoms with Crippen LogP contribution in [0, 0.1) is 0 Å². The van der Waals surface area contributed by atoms with Crippen LogP contribution in [0.3, 0.4) is 0 Å². The van der Waals surface area contributed by atoms with Gasteiger partial charge in [0.25, 0.3) is 5.91 Å². The highest BCUT2D eigenvalue weighted by Crippen LogP contribution is 2.17. The lowest BCUT2D eigenvalue weighted by molar-refractivity contribution is 0.0954. The Kier molecular flexibility index (Phi) is 5.79. The van der Waals surface area contributed by atoms with Crippen molar-refractivity contribution in [3.8, 4) is 0 Å². The number of rotatable bonds is 7. The van der Waals surface area contributed by atoms with Crippen molar-refractivity contribution in [2.75, 3.05) is 18.0 Å². The molecule has 0 radical (unpaired) electrons. The van der Waals surface area contributed by atoms with E-state index in [0.717, 1.165) is 24.2 Å². The van der Waals surface area contributed by atoms with Crippen LogP contribution in [0.4, 0.5) is 5.69 Å². The molecule has 1 aromatic carbocycles. The molecular formula is C18H26N4O. The zero-order valence-corrected chi connectivity index (χ0v) is 14.4. The fraction of sp³-hybridized carbons (Fsp3) is 0.444. The van der Waals surface area contributed by atoms with Crippen LogP contribution in [-0.2, 0) is 13.5 Å². The molecule has 5 nitrogen and oxygen atoms in total. The van der Waals surface area contributed by atoms with Gasteiger partial charge in [0.2, 0.25) is 0 Å². The van der Waals surface area contributed by atoms with Crippen LogP contribution in [0.2, 0.25) is 0 Å². The van der Waals surface area contributed by atoms with Crippen LogP contribution in [0.5, 0.6) is 0 Å². The number of carbonyl (C=O) groups excluding carboxylic acids is 1. The second kappa shape index (κ2) is 7.81. The SMILES string of the molecule is CCN(c1ccc(C(=O)NCCc2cnn(C)c2)cc1)C(C)C. The summed E-state index contributed by atoms with van der Waals surface area (Å²) < 4.78 is 1.77. The molecule has 5 heteroatoms.